The number of nitrogens with one attached hydrogen (secondary N) is 1. The number of halogens is 2. The molecule has 2 nitrogen and oxygen atoms in total. The normalized spacial score (nSPS) is 12.5. The van der Waals surface area contributed by atoms with Crippen molar-refractivity contribution in [1.29, 1.82) is 0 Å². The third kappa shape index (κ3) is 5.63. The first-order chi connectivity index (χ1) is 8.49. The Balaban J connectivity index is 2.36. The molecule has 1 atom stereocenters. The lowest BCUT2D eigenvalue weighted by atomic mass is 10.1. The predicted molar refractivity (Wildman–Crippen MR) is 75.3 cm³/mol. The Kier molecular flexibility index (Phi) is 6.33. The lowest BCUT2D eigenvalue weighted by Gasteiger charge is -2.13. The maximum absolute atomic E-state index is 13.3. The fourth-order valence-corrected chi connectivity index (χ4v) is 2.61. The molecule has 0 radical (unpaired) electrons. The molecule has 0 saturated heterocycles. The van der Waals surface area contributed by atoms with Crippen molar-refractivity contribution in [3.8, 4) is 0 Å². The monoisotopic (exact) mass is 315 g/mol. The molecule has 1 rings (SSSR count). The average molecular weight is 316 g/mol. The van der Waals surface area contributed by atoms with Gasteiger partial charge in [0.25, 0.3) is 0 Å². The minimum absolute atomic E-state index is 0.0913. The van der Waals surface area contributed by atoms with Gasteiger partial charge in [-0.1, -0.05) is 48.0 Å². The largest absolute Gasteiger partial charge is 0.355 e. The second-order valence-electron chi connectivity index (χ2n) is 4.80. The van der Waals surface area contributed by atoms with E-state index in [0.717, 1.165) is 6.42 Å². The van der Waals surface area contributed by atoms with Crippen LogP contribution in [0.3, 0.4) is 0 Å². The summed E-state index contributed by atoms with van der Waals surface area (Å²) in [5.41, 5.74) is 0.435. The van der Waals surface area contributed by atoms with Gasteiger partial charge in [0.1, 0.15) is 5.82 Å². The van der Waals surface area contributed by atoms with Crippen molar-refractivity contribution >= 4 is 21.8 Å². The Morgan fingerprint density at radius 1 is 1.39 bits per heavy atom. The molecule has 0 aliphatic heterocycles. The molecule has 0 aromatic heterocycles. The van der Waals surface area contributed by atoms with Crippen molar-refractivity contribution in [3.05, 3.63) is 35.6 Å². The van der Waals surface area contributed by atoms with Crippen molar-refractivity contribution in [1.82, 2.24) is 5.32 Å². The van der Waals surface area contributed by atoms with Gasteiger partial charge >= 0.3 is 0 Å². The Hall–Kier alpha value is -0.900. The minimum Gasteiger partial charge on any atom is -0.355 e. The molecule has 0 bridgehead atoms. The molecule has 4 heteroatoms. The molecule has 1 amide bonds. The molecule has 0 heterocycles. The summed E-state index contributed by atoms with van der Waals surface area (Å²) in [7, 11) is 0. The van der Waals surface area contributed by atoms with Crippen molar-refractivity contribution in [3.63, 3.8) is 0 Å². The smallest absolute Gasteiger partial charge is 0.224 e. The number of alkyl halides is 1. The highest BCUT2D eigenvalue weighted by atomic mass is 79.9. The summed E-state index contributed by atoms with van der Waals surface area (Å²) < 4.78 is 13.3. The van der Waals surface area contributed by atoms with Gasteiger partial charge in [-0.05, 0) is 24.0 Å². The number of carbonyl (C=O) groups excluding carboxylic acids is 1. The Morgan fingerprint density at radius 3 is 2.67 bits per heavy atom. The number of hydrogen-bond acceptors (Lipinski definition) is 1. The molecule has 1 unspecified atom stereocenters. The summed E-state index contributed by atoms with van der Waals surface area (Å²) in [6, 6.07) is 6.36. The Labute approximate surface area is 116 Å². The Morgan fingerprint density at radius 2 is 2.06 bits per heavy atom. The van der Waals surface area contributed by atoms with E-state index in [4.69, 9.17) is 0 Å². The molecule has 0 fully saturated rings. The van der Waals surface area contributed by atoms with Crippen LogP contribution in [0.15, 0.2) is 24.3 Å². The fourth-order valence-electron chi connectivity index (χ4n) is 1.70. The highest BCUT2D eigenvalue weighted by Gasteiger charge is 2.10. The SMILES string of the molecule is CC(C)CC(Br)CNC(=O)Cc1ccccc1F. The standard InChI is InChI=1S/C14H19BrFNO/c1-10(2)7-12(15)9-17-14(18)8-11-5-3-4-6-13(11)16/h3-6,10,12H,7-9H2,1-2H3,(H,17,18). The molecule has 1 aromatic carbocycles. The van der Waals surface area contributed by atoms with E-state index < -0.39 is 0 Å². The van der Waals surface area contributed by atoms with E-state index in [1.165, 1.54) is 6.07 Å². The van der Waals surface area contributed by atoms with Gasteiger partial charge in [0.05, 0.1) is 6.42 Å². The maximum atomic E-state index is 13.3. The molecule has 0 spiro atoms. The van der Waals surface area contributed by atoms with Crippen molar-refractivity contribution < 1.29 is 9.18 Å². The second-order valence-corrected chi connectivity index (χ2v) is 6.09. The fraction of sp³-hybridized carbons (Fsp3) is 0.500. The highest BCUT2D eigenvalue weighted by molar-refractivity contribution is 9.09. The average Bonchev–Trinajstić information content (AvgIpc) is 2.29. The number of benzene rings is 1. The maximum Gasteiger partial charge on any atom is 0.224 e. The van der Waals surface area contributed by atoms with Crippen LogP contribution in [-0.4, -0.2) is 17.3 Å². The van der Waals surface area contributed by atoms with Crippen LogP contribution in [0.25, 0.3) is 0 Å². The zero-order chi connectivity index (χ0) is 13.5. The number of rotatable bonds is 6. The van der Waals surface area contributed by atoms with Crippen molar-refractivity contribution in [2.45, 2.75) is 31.5 Å². The lowest BCUT2D eigenvalue weighted by molar-refractivity contribution is -0.120. The zero-order valence-corrected chi connectivity index (χ0v) is 12.3. The van der Waals surface area contributed by atoms with Crippen molar-refractivity contribution in [2.24, 2.45) is 5.92 Å². The number of hydrogen-bond donors (Lipinski definition) is 1. The summed E-state index contributed by atoms with van der Waals surface area (Å²) in [6.07, 6.45) is 1.09. The molecule has 1 aromatic rings. The topological polar surface area (TPSA) is 29.1 Å². The van der Waals surface area contributed by atoms with Gasteiger partial charge in [-0.3, -0.25) is 4.79 Å². The first-order valence-electron chi connectivity index (χ1n) is 6.13. The van der Waals surface area contributed by atoms with E-state index in [2.05, 4.69) is 35.1 Å². The van der Waals surface area contributed by atoms with E-state index >= 15 is 0 Å². The summed E-state index contributed by atoms with van der Waals surface area (Å²) >= 11 is 3.52. The molecule has 0 saturated carbocycles. The van der Waals surface area contributed by atoms with Crippen LogP contribution in [0.4, 0.5) is 4.39 Å². The van der Waals surface area contributed by atoms with Gasteiger partial charge in [-0.2, -0.15) is 0 Å². The molecule has 18 heavy (non-hydrogen) atoms. The van der Waals surface area contributed by atoms with Crippen LogP contribution in [0.1, 0.15) is 25.8 Å². The molecule has 100 valence electrons. The van der Waals surface area contributed by atoms with Crippen LogP contribution < -0.4 is 5.32 Å². The third-order valence-electron chi connectivity index (χ3n) is 2.56. The third-order valence-corrected chi connectivity index (χ3v) is 3.25. The predicted octanol–water partition coefficient (Wildman–Crippen LogP) is 3.29. The van der Waals surface area contributed by atoms with Crippen LogP contribution >= 0.6 is 15.9 Å². The van der Waals surface area contributed by atoms with Crippen LogP contribution in [-0.2, 0) is 11.2 Å². The van der Waals surface area contributed by atoms with Gasteiger partial charge < -0.3 is 5.32 Å². The minimum atomic E-state index is -0.328. The highest BCUT2D eigenvalue weighted by Crippen LogP contribution is 2.12. The van der Waals surface area contributed by atoms with E-state index in [1.54, 1.807) is 18.2 Å². The first-order valence-corrected chi connectivity index (χ1v) is 7.04. The van der Waals surface area contributed by atoms with Crippen LogP contribution in [0.2, 0.25) is 0 Å². The second kappa shape index (κ2) is 7.52. The summed E-state index contributed by atoms with van der Waals surface area (Å²) in [5.74, 6) is 0.108. The van der Waals surface area contributed by atoms with Gasteiger partial charge in [0, 0.05) is 11.4 Å². The number of carbonyl (C=O) groups is 1. The van der Waals surface area contributed by atoms with Gasteiger partial charge in [-0.25, -0.2) is 4.39 Å². The lowest BCUT2D eigenvalue weighted by Crippen LogP contribution is -2.31. The van der Waals surface area contributed by atoms with Gasteiger partial charge in [0.15, 0.2) is 0 Å². The molecular formula is C14H19BrFNO. The molecular weight excluding hydrogens is 297 g/mol. The quantitative estimate of drug-likeness (QED) is 0.802. The number of amides is 1. The van der Waals surface area contributed by atoms with E-state index in [1.807, 2.05) is 0 Å². The first kappa shape index (κ1) is 15.2. The van der Waals surface area contributed by atoms with E-state index in [0.29, 0.717) is 18.0 Å². The van der Waals surface area contributed by atoms with E-state index in [-0.39, 0.29) is 23.0 Å². The summed E-state index contributed by atoms with van der Waals surface area (Å²) in [5, 5.41) is 2.81. The molecule has 0 aliphatic rings. The van der Waals surface area contributed by atoms with Crippen molar-refractivity contribution in [2.75, 3.05) is 6.54 Å². The van der Waals surface area contributed by atoms with Gasteiger partial charge in [-0.15, -0.1) is 0 Å². The van der Waals surface area contributed by atoms with Crippen LogP contribution in [0.5, 0.6) is 0 Å². The summed E-state index contributed by atoms with van der Waals surface area (Å²) in [6.45, 7) is 4.84. The van der Waals surface area contributed by atoms with Gasteiger partial charge in [0.2, 0.25) is 5.91 Å². The van der Waals surface area contributed by atoms with E-state index in [9.17, 15) is 9.18 Å². The summed E-state index contributed by atoms with van der Waals surface area (Å²) in [4.78, 5) is 11.9. The Bertz CT molecular complexity index is 395. The zero-order valence-electron chi connectivity index (χ0n) is 10.7. The van der Waals surface area contributed by atoms with Crippen LogP contribution in [0, 0.1) is 11.7 Å². The molecule has 1 N–H and O–H groups in total. The molecule has 0 aliphatic carbocycles.